The summed E-state index contributed by atoms with van der Waals surface area (Å²) in [6.45, 7) is 2.04. The van der Waals surface area contributed by atoms with Gasteiger partial charge < -0.3 is 0 Å². The quantitative estimate of drug-likeness (QED) is 0.609. The lowest BCUT2D eigenvalue weighted by Gasteiger charge is -2.25. The number of rotatable bonds is 5. The number of halogens is 1. The van der Waals surface area contributed by atoms with Crippen molar-refractivity contribution in [1.82, 2.24) is 5.09 Å². The maximum absolute atomic E-state index is 13.9. The highest BCUT2D eigenvalue weighted by atomic mass is 79.9. The summed E-state index contributed by atoms with van der Waals surface area (Å²) in [5.74, 6) is 0. The molecule has 0 heterocycles. The second-order valence-corrected chi connectivity index (χ2v) is 9.11. The van der Waals surface area contributed by atoms with Crippen molar-refractivity contribution in [2.24, 2.45) is 0 Å². The molecule has 0 amide bonds. The first-order chi connectivity index (χ1) is 11.6. The minimum absolute atomic E-state index is 0.0376. The van der Waals surface area contributed by atoms with Crippen LogP contribution in [0.3, 0.4) is 0 Å². The fraction of sp³-hybridized carbons (Fsp3) is 0.100. The molecular formula is C20H19BrNOP. The summed E-state index contributed by atoms with van der Waals surface area (Å²) in [7, 11) is -2.92. The molecule has 1 atom stereocenters. The Morgan fingerprint density at radius 3 is 1.71 bits per heavy atom. The van der Waals surface area contributed by atoms with Gasteiger partial charge in [0.15, 0.2) is 0 Å². The molecule has 122 valence electrons. The van der Waals surface area contributed by atoms with Gasteiger partial charge in [0.1, 0.15) is 0 Å². The molecule has 24 heavy (non-hydrogen) atoms. The Morgan fingerprint density at radius 1 is 0.792 bits per heavy atom. The lowest BCUT2D eigenvalue weighted by Crippen LogP contribution is -2.29. The Bertz CT molecular complexity index is 791. The normalized spacial score (nSPS) is 12.8. The van der Waals surface area contributed by atoms with Gasteiger partial charge in [0.2, 0.25) is 7.29 Å². The summed E-state index contributed by atoms with van der Waals surface area (Å²) < 4.78 is 15.0. The van der Waals surface area contributed by atoms with Gasteiger partial charge in [-0.3, -0.25) is 9.65 Å². The van der Waals surface area contributed by atoms with Gasteiger partial charge in [0, 0.05) is 21.1 Å². The van der Waals surface area contributed by atoms with Gasteiger partial charge in [-0.25, -0.2) is 0 Å². The summed E-state index contributed by atoms with van der Waals surface area (Å²) in [5.41, 5.74) is 1.10. The molecule has 0 unspecified atom stereocenters. The average Bonchev–Trinajstić information content (AvgIpc) is 2.63. The summed E-state index contributed by atoms with van der Waals surface area (Å²) in [4.78, 5) is 0. The fourth-order valence-electron chi connectivity index (χ4n) is 2.67. The van der Waals surface area contributed by atoms with Gasteiger partial charge in [-0.15, -0.1) is 0 Å². The molecular weight excluding hydrogens is 381 g/mol. The van der Waals surface area contributed by atoms with Crippen LogP contribution in [-0.4, -0.2) is 0 Å². The van der Waals surface area contributed by atoms with E-state index in [0.29, 0.717) is 0 Å². The Balaban J connectivity index is 2.00. The Labute approximate surface area is 151 Å². The first-order valence-electron chi connectivity index (χ1n) is 7.84. The molecule has 0 radical (unpaired) electrons. The average molecular weight is 400 g/mol. The van der Waals surface area contributed by atoms with Crippen molar-refractivity contribution in [3.8, 4) is 0 Å². The van der Waals surface area contributed by atoms with Crippen LogP contribution in [0.5, 0.6) is 0 Å². The number of hydrogen-bond acceptors (Lipinski definition) is 1. The lowest BCUT2D eigenvalue weighted by molar-refractivity contribution is 0.568. The van der Waals surface area contributed by atoms with Crippen molar-refractivity contribution < 1.29 is 4.57 Å². The molecule has 3 aromatic rings. The van der Waals surface area contributed by atoms with E-state index in [1.165, 1.54) is 0 Å². The molecule has 3 rings (SSSR count). The van der Waals surface area contributed by atoms with Crippen LogP contribution in [0.15, 0.2) is 89.4 Å². The first kappa shape index (κ1) is 17.2. The molecule has 4 heteroatoms. The van der Waals surface area contributed by atoms with Gasteiger partial charge in [-0.2, -0.15) is 0 Å². The third kappa shape index (κ3) is 3.70. The molecule has 0 bridgehead atoms. The van der Waals surface area contributed by atoms with Gasteiger partial charge in [0.25, 0.3) is 0 Å². The molecule has 0 aliphatic carbocycles. The van der Waals surface area contributed by atoms with Crippen molar-refractivity contribution in [3.05, 3.63) is 95.0 Å². The molecule has 0 saturated carbocycles. The highest BCUT2D eigenvalue weighted by Crippen LogP contribution is 2.41. The number of nitrogens with one attached hydrogen (secondary N) is 1. The minimum Gasteiger partial charge on any atom is -0.297 e. The molecule has 2 nitrogen and oxygen atoms in total. The molecule has 0 saturated heterocycles. The van der Waals surface area contributed by atoms with Gasteiger partial charge in [0.05, 0.1) is 0 Å². The van der Waals surface area contributed by atoms with Gasteiger partial charge in [-0.05, 0) is 48.9 Å². The zero-order valence-electron chi connectivity index (χ0n) is 13.4. The van der Waals surface area contributed by atoms with Gasteiger partial charge >= 0.3 is 0 Å². The maximum atomic E-state index is 13.9. The molecule has 0 aromatic heterocycles. The van der Waals surface area contributed by atoms with Crippen molar-refractivity contribution in [1.29, 1.82) is 0 Å². The van der Waals surface area contributed by atoms with E-state index in [1.807, 2.05) is 91.9 Å². The van der Waals surface area contributed by atoms with Crippen molar-refractivity contribution in [2.75, 3.05) is 0 Å². The fourth-order valence-corrected chi connectivity index (χ4v) is 5.41. The lowest BCUT2D eigenvalue weighted by atomic mass is 10.1. The second-order valence-electron chi connectivity index (χ2n) is 5.68. The number of hydrogen-bond donors (Lipinski definition) is 1. The summed E-state index contributed by atoms with van der Waals surface area (Å²) in [6, 6.07) is 27.4. The van der Waals surface area contributed by atoms with Crippen LogP contribution in [0.2, 0.25) is 0 Å². The van der Waals surface area contributed by atoms with Crippen LogP contribution < -0.4 is 15.7 Å². The molecule has 0 fully saturated rings. The van der Waals surface area contributed by atoms with E-state index in [-0.39, 0.29) is 6.04 Å². The highest BCUT2D eigenvalue weighted by Gasteiger charge is 2.28. The van der Waals surface area contributed by atoms with Crippen LogP contribution in [0.1, 0.15) is 18.5 Å². The smallest absolute Gasteiger partial charge is 0.205 e. The summed E-state index contributed by atoms with van der Waals surface area (Å²) in [5, 5.41) is 5.04. The zero-order chi connectivity index (χ0) is 17.0. The summed E-state index contributed by atoms with van der Waals surface area (Å²) in [6.07, 6.45) is 0. The Hall–Kier alpha value is -1.67. The van der Waals surface area contributed by atoms with E-state index in [0.717, 1.165) is 20.6 Å². The Morgan fingerprint density at radius 2 is 1.25 bits per heavy atom. The molecule has 0 aliphatic rings. The van der Waals surface area contributed by atoms with E-state index in [2.05, 4.69) is 21.0 Å². The molecule has 0 aliphatic heterocycles. The predicted octanol–water partition coefficient (Wildman–Crippen LogP) is 5.03. The maximum Gasteiger partial charge on any atom is 0.205 e. The van der Waals surface area contributed by atoms with Crippen LogP contribution >= 0.6 is 23.2 Å². The molecule has 3 aromatic carbocycles. The predicted molar refractivity (Wildman–Crippen MR) is 105 cm³/mol. The third-order valence-corrected chi connectivity index (χ3v) is 7.32. The van der Waals surface area contributed by atoms with E-state index >= 15 is 0 Å². The standard InChI is InChI=1S/C20H19BrNOP/c1-16(17-12-14-18(21)15-13-17)22-24(23,19-8-4-2-5-9-19)20-10-6-3-7-11-20/h2-16H,1H3,(H,22,23)/t16-/m1/s1. The number of benzene rings is 3. The summed E-state index contributed by atoms with van der Waals surface area (Å²) >= 11 is 3.45. The van der Waals surface area contributed by atoms with Crippen molar-refractivity contribution in [3.63, 3.8) is 0 Å². The first-order valence-corrected chi connectivity index (χ1v) is 10.3. The monoisotopic (exact) mass is 399 g/mol. The Kier molecular flexibility index (Phi) is 5.35. The van der Waals surface area contributed by atoms with E-state index in [1.54, 1.807) is 0 Å². The SMILES string of the molecule is C[C@@H](NP(=O)(c1ccccc1)c1ccccc1)c1ccc(Br)cc1. The van der Waals surface area contributed by atoms with Crippen LogP contribution in [0.25, 0.3) is 0 Å². The van der Waals surface area contributed by atoms with E-state index in [4.69, 9.17) is 0 Å². The minimum atomic E-state index is -2.92. The van der Waals surface area contributed by atoms with Crippen molar-refractivity contribution >= 4 is 33.8 Å². The van der Waals surface area contributed by atoms with Crippen LogP contribution in [0, 0.1) is 0 Å². The van der Waals surface area contributed by atoms with E-state index in [9.17, 15) is 4.57 Å². The van der Waals surface area contributed by atoms with Crippen LogP contribution in [-0.2, 0) is 4.57 Å². The highest BCUT2D eigenvalue weighted by molar-refractivity contribution is 9.10. The second kappa shape index (κ2) is 7.48. The van der Waals surface area contributed by atoms with Crippen molar-refractivity contribution in [2.45, 2.75) is 13.0 Å². The third-order valence-electron chi connectivity index (χ3n) is 3.99. The topological polar surface area (TPSA) is 29.1 Å². The largest absolute Gasteiger partial charge is 0.297 e. The molecule has 0 spiro atoms. The van der Waals surface area contributed by atoms with Gasteiger partial charge in [-0.1, -0.05) is 64.5 Å². The zero-order valence-corrected chi connectivity index (χ0v) is 15.9. The van der Waals surface area contributed by atoms with E-state index < -0.39 is 7.29 Å². The van der Waals surface area contributed by atoms with Crippen LogP contribution in [0.4, 0.5) is 0 Å². The molecule has 1 N–H and O–H groups in total.